The summed E-state index contributed by atoms with van der Waals surface area (Å²) in [5.41, 5.74) is 1.16. The normalized spacial score (nSPS) is 10.6. The molecule has 0 atom stereocenters. The fourth-order valence-corrected chi connectivity index (χ4v) is 1.52. The fourth-order valence-electron chi connectivity index (χ4n) is 1.52. The van der Waals surface area contributed by atoms with Crippen LogP contribution in [-0.4, -0.2) is 31.3 Å². The van der Waals surface area contributed by atoms with Gasteiger partial charge in [0.1, 0.15) is 0 Å². The molecule has 0 unspecified atom stereocenters. The van der Waals surface area contributed by atoms with Gasteiger partial charge in [-0.1, -0.05) is 11.8 Å². The van der Waals surface area contributed by atoms with Crippen molar-refractivity contribution in [3.05, 3.63) is 36.9 Å². The molecule has 90 valence electrons. The van der Waals surface area contributed by atoms with Crippen LogP contribution < -0.4 is 5.32 Å². The van der Waals surface area contributed by atoms with Gasteiger partial charge in [-0.15, -0.1) is 5.10 Å². The molecule has 1 N–H and O–H groups in total. The van der Waals surface area contributed by atoms with Crippen LogP contribution in [0.4, 0.5) is 0 Å². The monoisotopic (exact) mass is 232 g/mol. The Morgan fingerprint density at radius 3 is 3.12 bits per heavy atom. The van der Waals surface area contributed by atoms with E-state index in [0.717, 1.165) is 31.6 Å². The van der Waals surface area contributed by atoms with Gasteiger partial charge in [-0.25, -0.2) is 4.68 Å². The number of aromatic nitrogens is 5. The summed E-state index contributed by atoms with van der Waals surface area (Å²) in [7, 11) is 0. The molecule has 0 spiro atoms. The predicted octanol–water partition coefficient (Wildman–Crippen LogP) is 0.755. The molecule has 2 heterocycles. The Morgan fingerprint density at radius 2 is 2.41 bits per heavy atom. The Balaban J connectivity index is 1.61. The summed E-state index contributed by atoms with van der Waals surface area (Å²) in [5.74, 6) is 0. The van der Waals surface area contributed by atoms with Gasteiger partial charge in [0.05, 0.1) is 12.4 Å². The van der Waals surface area contributed by atoms with E-state index in [1.165, 1.54) is 0 Å². The van der Waals surface area contributed by atoms with E-state index in [9.17, 15) is 0 Å². The van der Waals surface area contributed by atoms with Gasteiger partial charge in [-0.3, -0.25) is 4.68 Å². The van der Waals surface area contributed by atoms with Crippen LogP contribution in [0.5, 0.6) is 0 Å². The highest BCUT2D eigenvalue weighted by Gasteiger charge is 1.96. The highest BCUT2D eigenvalue weighted by molar-refractivity contribution is 5.17. The first-order valence-corrected chi connectivity index (χ1v) is 5.59. The van der Waals surface area contributed by atoms with E-state index in [1.807, 2.05) is 23.3 Å². The Labute approximate surface area is 99.9 Å². The van der Waals surface area contributed by atoms with Crippen LogP contribution in [0.3, 0.4) is 0 Å². The van der Waals surface area contributed by atoms with Crippen LogP contribution in [-0.2, 0) is 13.1 Å². The van der Waals surface area contributed by atoms with Crippen LogP contribution in [0.15, 0.2) is 31.4 Å². The van der Waals surface area contributed by atoms with Gasteiger partial charge in [-0.2, -0.15) is 5.10 Å². The van der Waals surface area contributed by atoms with E-state index >= 15 is 0 Å². The zero-order chi connectivity index (χ0) is 11.9. The molecule has 0 aliphatic carbocycles. The third-order valence-electron chi connectivity index (χ3n) is 2.38. The molecule has 2 aromatic rings. The Bertz CT molecular complexity index is 444. The van der Waals surface area contributed by atoms with Crippen molar-refractivity contribution in [2.75, 3.05) is 6.54 Å². The molecule has 0 amide bonds. The standard InChI is InChI=1S/C11H16N6/c1-2-16-10-11(9-14-16)8-12-4-3-6-17-7-5-13-15-17/h2,5,7,9-10,12H,1,3-4,6,8H2. The molecule has 2 rings (SSSR count). The summed E-state index contributed by atoms with van der Waals surface area (Å²) in [5, 5.41) is 15.1. The van der Waals surface area contributed by atoms with Crippen LogP contribution >= 0.6 is 0 Å². The van der Waals surface area contributed by atoms with Gasteiger partial charge in [0.25, 0.3) is 0 Å². The first kappa shape index (κ1) is 11.5. The number of rotatable bonds is 7. The lowest BCUT2D eigenvalue weighted by Gasteiger charge is -2.02. The van der Waals surface area contributed by atoms with Gasteiger partial charge < -0.3 is 5.32 Å². The van der Waals surface area contributed by atoms with E-state index in [2.05, 4.69) is 27.3 Å². The number of hydrogen-bond acceptors (Lipinski definition) is 4. The minimum atomic E-state index is 0.825. The molecule has 0 saturated carbocycles. The number of aryl methyl sites for hydroxylation is 1. The minimum Gasteiger partial charge on any atom is -0.312 e. The van der Waals surface area contributed by atoms with E-state index < -0.39 is 0 Å². The molecule has 6 nitrogen and oxygen atoms in total. The molecular weight excluding hydrogens is 216 g/mol. The van der Waals surface area contributed by atoms with Crippen molar-refractivity contribution < 1.29 is 0 Å². The van der Waals surface area contributed by atoms with Crippen molar-refractivity contribution >= 4 is 6.20 Å². The lowest BCUT2D eigenvalue weighted by Crippen LogP contribution is -2.16. The van der Waals surface area contributed by atoms with Gasteiger partial charge in [0, 0.05) is 37.2 Å². The molecule has 0 saturated heterocycles. The van der Waals surface area contributed by atoms with Crippen LogP contribution in [0.1, 0.15) is 12.0 Å². The van der Waals surface area contributed by atoms with Crippen molar-refractivity contribution in [1.82, 2.24) is 30.1 Å². The lowest BCUT2D eigenvalue weighted by molar-refractivity contribution is 0.530. The largest absolute Gasteiger partial charge is 0.312 e. The summed E-state index contributed by atoms with van der Waals surface area (Å²) in [4.78, 5) is 0. The summed E-state index contributed by atoms with van der Waals surface area (Å²) in [6.07, 6.45) is 10.1. The smallest absolute Gasteiger partial charge is 0.0692 e. The van der Waals surface area contributed by atoms with Crippen LogP contribution in [0, 0.1) is 0 Å². The SMILES string of the molecule is C=Cn1cc(CNCCCn2ccnn2)cn1. The summed E-state index contributed by atoms with van der Waals surface area (Å²) in [6, 6.07) is 0. The van der Waals surface area contributed by atoms with Crippen molar-refractivity contribution in [1.29, 1.82) is 0 Å². The molecule has 6 heteroatoms. The summed E-state index contributed by atoms with van der Waals surface area (Å²) < 4.78 is 3.53. The van der Waals surface area contributed by atoms with E-state index in [4.69, 9.17) is 0 Å². The second-order valence-corrected chi connectivity index (χ2v) is 3.71. The van der Waals surface area contributed by atoms with Crippen molar-refractivity contribution in [2.24, 2.45) is 0 Å². The molecule has 0 aliphatic heterocycles. The average Bonchev–Trinajstić information content (AvgIpc) is 2.99. The van der Waals surface area contributed by atoms with E-state index in [1.54, 1.807) is 17.1 Å². The average molecular weight is 232 g/mol. The van der Waals surface area contributed by atoms with Gasteiger partial charge in [-0.05, 0) is 13.0 Å². The molecule has 17 heavy (non-hydrogen) atoms. The molecular formula is C11H16N6. The minimum absolute atomic E-state index is 0.825. The topological polar surface area (TPSA) is 60.6 Å². The second-order valence-electron chi connectivity index (χ2n) is 3.71. The predicted molar refractivity (Wildman–Crippen MR) is 65.0 cm³/mol. The lowest BCUT2D eigenvalue weighted by atomic mass is 10.3. The van der Waals surface area contributed by atoms with Crippen molar-refractivity contribution in [3.63, 3.8) is 0 Å². The molecule has 0 aromatic carbocycles. The maximum atomic E-state index is 4.11. The number of hydrogen-bond donors (Lipinski definition) is 1. The molecule has 0 radical (unpaired) electrons. The Kier molecular flexibility index (Phi) is 4.04. The third-order valence-corrected chi connectivity index (χ3v) is 2.38. The van der Waals surface area contributed by atoms with Crippen LogP contribution in [0.25, 0.3) is 6.20 Å². The third kappa shape index (κ3) is 3.53. The van der Waals surface area contributed by atoms with E-state index in [-0.39, 0.29) is 0 Å². The zero-order valence-corrected chi connectivity index (χ0v) is 9.66. The Hall–Kier alpha value is -1.95. The van der Waals surface area contributed by atoms with Crippen molar-refractivity contribution in [3.8, 4) is 0 Å². The second kappa shape index (κ2) is 5.95. The molecule has 0 fully saturated rings. The molecule has 0 aliphatic rings. The van der Waals surface area contributed by atoms with Gasteiger partial charge in [0.15, 0.2) is 0 Å². The fraction of sp³-hybridized carbons (Fsp3) is 0.364. The number of nitrogens with one attached hydrogen (secondary N) is 1. The van der Waals surface area contributed by atoms with Gasteiger partial charge in [0.2, 0.25) is 0 Å². The summed E-state index contributed by atoms with van der Waals surface area (Å²) >= 11 is 0. The van der Waals surface area contributed by atoms with E-state index in [0.29, 0.717) is 0 Å². The maximum Gasteiger partial charge on any atom is 0.0692 e. The van der Waals surface area contributed by atoms with Crippen LogP contribution in [0.2, 0.25) is 0 Å². The first-order valence-electron chi connectivity index (χ1n) is 5.59. The Morgan fingerprint density at radius 1 is 1.47 bits per heavy atom. The zero-order valence-electron chi connectivity index (χ0n) is 9.66. The quantitative estimate of drug-likeness (QED) is 0.716. The highest BCUT2D eigenvalue weighted by atomic mass is 15.4. The van der Waals surface area contributed by atoms with Gasteiger partial charge >= 0.3 is 0 Å². The maximum absolute atomic E-state index is 4.11. The van der Waals surface area contributed by atoms with Crippen molar-refractivity contribution in [2.45, 2.75) is 19.5 Å². The summed E-state index contributed by atoms with van der Waals surface area (Å²) in [6.45, 7) is 6.30. The molecule has 0 bridgehead atoms. The number of nitrogens with zero attached hydrogens (tertiary/aromatic N) is 5. The molecule has 2 aromatic heterocycles. The first-order chi connectivity index (χ1) is 8.38. The highest BCUT2D eigenvalue weighted by Crippen LogP contribution is 1.97.